The maximum absolute atomic E-state index is 12.8. The average molecular weight is 404 g/mol. The van der Waals surface area contributed by atoms with E-state index in [0.717, 1.165) is 5.69 Å². The maximum atomic E-state index is 12.8. The van der Waals surface area contributed by atoms with Crippen molar-refractivity contribution in [3.8, 4) is 0 Å². The Balaban J connectivity index is 1.82. The van der Waals surface area contributed by atoms with Crippen LogP contribution in [0.3, 0.4) is 0 Å². The Labute approximate surface area is 160 Å². The summed E-state index contributed by atoms with van der Waals surface area (Å²) in [4.78, 5) is 34.6. The first-order chi connectivity index (χ1) is 12.5. The lowest BCUT2D eigenvalue weighted by Gasteiger charge is -2.06. The molecular formula is C16H13N5O2S3. The van der Waals surface area contributed by atoms with E-state index in [-0.39, 0.29) is 17.7 Å². The molecule has 0 atom stereocenters. The molecule has 0 radical (unpaired) electrons. The van der Waals surface area contributed by atoms with Crippen molar-refractivity contribution in [3.05, 3.63) is 66.5 Å². The summed E-state index contributed by atoms with van der Waals surface area (Å²) >= 11 is 7.94. The average Bonchev–Trinajstić information content (AvgIpc) is 3.12. The Morgan fingerprint density at radius 2 is 2.19 bits per heavy atom. The molecule has 0 aliphatic rings. The third-order valence-electron chi connectivity index (χ3n) is 3.92. The van der Waals surface area contributed by atoms with Crippen molar-refractivity contribution in [1.29, 1.82) is 0 Å². The molecule has 132 valence electrons. The summed E-state index contributed by atoms with van der Waals surface area (Å²) in [5.74, 6) is 0. The predicted molar refractivity (Wildman–Crippen MR) is 106 cm³/mol. The quantitative estimate of drug-likeness (QED) is 0.387. The molecule has 7 nitrogen and oxygen atoms in total. The number of aryl methyl sites for hydroxylation is 1. The Kier molecular flexibility index (Phi) is 4.17. The fourth-order valence-corrected chi connectivity index (χ4v) is 4.94. The van der Waals surface area contributed by atoms with Gasteiger partial charge in [-0.3, -0.25) is 18.6 Å². The smallest absolute Gasteiger partial charge is 0.273 e. The molecule has 0 aromatic carbocycles. The molecule has 0 bridgehead atoms. The number of hydrogen-bond donors (Lipinski definition) is 0. The van der Waals surface area contributed by atoms with Crippen molar-refractivity contribution in [2.24, 2.45) is 0 Å². The zero-order valence-corrected chi connectivity index (χ0v) is 16.2. The van der Waals surface area contributed by atoms with Crippen LogP contribution >= 0.6 is 34.9 Å². The Hall–Kier alpha value is -2.43. The molecule has 0 amide bonds. The van der Waals surface area contributed by atoms with Gasteiger partial charge in [-0.25, -0.2) is 9.97 Å². The highest BCUT2D eigenvalue weighted by Gasteiger charge is 2.13. The van der Waals surface area contributed by atoms with Crippen LogP contribution in [0.2, 0.25) is 0 Å². The van der Waals surface area contributed by atoms with E-state index in [2.05, 4.69) is 16.5 Å². The lowest BCUT2D eigenvalue weighted by Crippen LogP contribution is -2.23. The first kappa shape index (κ1) is 17.0. The van der Waals surface area contributed by atoms with E-state index < -0.39 is 0 Å². The third-order valence-corrected chi connectivity index (χ3v) is 6.29. The number of thiazole rings is 2. The minimum atomic E-state index is -0.196. The van der Waals surface area contributed by atoms with Gasteiger partial charge in [-0.15, -0.1) is 17.9 Å². The third kappa shape index (κ3) is 2.66. The molecular weight excluding hydrogens is 390 g/mol. The van der Waals surface area contributed by atoms with Crippen LogP contribution in [0.15, 0.2) is 40.0 Å². The first-order valence-corrected chi connectivity index (χ1v) is 9.76. The van der Waals surface area contributed by atoms with Crippen LogP contribution in [0.25, 0.3) is 15.3 Å². The largest absolute Gasteiger partial charge is 0.304 e. The van der Waals surface area contributed by atoms with Gasteiger partial charge in [0.05, 0.1) is 12.2 Å². The summed E-state index contributed by atoms with van der Waals surface area (Å²) < 4.78 is 5.85. The van der Waals surface area contributed by atoms with E-state index in [9.17, 15) is 9.59 Å². The Morgan fingerprint density at radius 3 is 2.96 bits per heavy atom. The summed E-state index contributed by atoms with van der Waals surface area (Å²) in [5.41, 5.74) is 1.57. The summed E-state index contributed by atoms with van der Waals surface area (Å²) in [7, 11) is 0. The molecule has 0 fully saturated rings. The second-order valence-electron chi connectivity index (χ2n) is 5.68. The van der Waals surface area contributed by atoms with Crippen LogP contribution in [0, 0.1) is 10.9 Å². The minimum absolute atomic E-state index is 0.154. The summed E-state index contributed by atoms with van der Waals surface area (Å²) in [6.45, 7) is 6.24. The van der Waals surface area contributed by atoms with E-state index in [4.69, 9.17) is 12.2 Å². The molecule has 0 spiro atoms. The summed E-state index contributed by atoms with van der Waals surface area (Å²) in [6.07, 6.45) is 3.18. The highest BCUT2D eigenvalue weighted by molar-refractivity contribution is 7.73. The van der Waals surface area contributed by atoms with Gasteiger partial charge in [0.1, 0.15) is 11.0 Å². The van der Waals surface area contributed by atoms with E-state index >= 15 is 0 Å². The van der Waals surface area contributed by atoms with E-state index in [1.54, 1.807) is 15.0 Å². The maximum Gasteiger partial charge on any atom is 0.273 e. The van der Waals surface area contributed by atoms with Crippen LogP contribution in [-0.2, 0) is 13.1 Å². The lowest BCUT2D eigenvalue weighted by atomic mass is 10.4. The van der Waals surface area contributed by atoms with Crippen molar-refractivity contribution in [3.63, 3.8) is 0 Å². The molecule has 0 unspecified atom stereocenters. The first-order valence-electron chi connectivity index (χ1n) is 7.66. The molecule has 4 aromatic rings. The molecule has 4 rings (SSSR count). The molecule has 26 heavy (non-hydrogen) atoms. The number of allylic oxidation sites excluding steroid dienone is 1. The fourth-order valence-electron chi connectivity index (χ4n) is 2.73. The van der Waals surface area contributed by atoms with Crippen LogP contribution in [0.1, 0.15) is 11.4 Å². The van der Waals surface area contributed by atoms with Crippen LogP contribution in [0.5, 0.6) is 0 Å². The van der Waals surface area contributed by atoms with Crippen molar-refractivity contribution >= 4 is 50.2 Å². The number of nitrogens with zero attached hydrogens (tertiary/aromatic N) is 5. The summed E-state index contributed by atoms with van der Waals surface area (Å²) in [5, 5.41) is 1.88. The van der Waals surface area contributed by atoms with Crippen molar-refractivity contribution in [2.75, 3.05) is 0 Å². The fraction of sp³-hybridized carbons (Fsp3) is 0.188. The van der Waals surface area contributed by atoms with Gasteiger partial charge in [0, 0.05) is 23.7 Å². The zero-order chi connectivity index (χ0) is 18.4. The van der Waals surface area contributed by atoms with Crippen molar-refractivity contribution in [2.45, 2.75) is 20.0 Å². The highest BCUT2D eigenvalue weighted by Crippen LogP contribution is 2.18. The van der Waals surface area contributed by atoms with Gasteiger partial charge in [0.25, 0.3) is 11.1 Å². The van der Waals surface area contributed by atoms with Crippen molar-refractivity contribution in [1.82, 2.24) is 23.5 Å². The minimum Gasteiger partial charge on any atom is -0.304 e. The van der Waals surface area contributed by atoms with Gasteiger partial charge >= 0.3 is 0 Å². The lowest BCUT2D eigenvalue weighted by molar-refractivity contribution is 0.722. The number of hydrogen-bond acceptors (Lipinski definition) is 7. The van der Waals surface area contributed by atoms with Gasteiger partial charge in [-0.05, 0) is 19.1 Å². The second-order valence-corrected chi connectivity index (χ2v) is 8.16. The molecule has 10 heteroatoms. The van der Waals surface area contributed by atoms with Gasteiger partial charge in [-0.1, -0.05) is 17.4 Å². The van der Waals surface area contributed by atoms with Gasteiger partial charge in [0.15, 0.2) is 14.6 Å². The Bertz CT molecular complexity index is 1340. The highest BCUT2D eigenvalue weighted by atomic mass is 32.1. The standard InChI is InChI=1S/C16H13N5O2S3/c1-3-4-20-13-12(26-16(20)24)14(23)19(8-17-13)6-10-5-11(22)21-9(2)7-25-15(21)18-10/h3,5,7-8H,1,4,6H2,2H3. The van der Waals surface area contributed by atoms with Crippen molar-refractivity contribution < 1.29 is 0 Å². The van der Waals surface area contributed by atoms with Crippen LogP contribution < -0.4 is 11.1 Å². The van der Waals surface area contributed by atoms with E-state index in [1.807, 2.05) is 12.3 Å². The molecule has 4 aromatic heterocycles. The summed E-state index contributed by atoms with van der Waals surface area (Å²) in [6, 6.07) is 1.45. The number of fused-ring (bicyclic) bond motifs is 2. The monoisotopic (exact) mass is 403 g/mol. The van der Waals surface area contributed by atoms with Crippen LogP contribution in [-0.4, -0.2) is 23.5 Å². The van der Waals surface area contributed by atoms with Gasteiger partial charge in [-0.2, -0.15) is 0 Å². The number of rotatable bonds is 4. The second kappa shape index (κ2) is 6.38. The molecule has 0 aliphatic carbocycles. The van der Waals surface area contributed by atoms with Crippen LogP contribution in [0.4, 0.5) is 0 Å². The van der Waals surface area contributed by atoms with E-state index in [0.29, 0.717) is 31.5 Å². The van der Waals surface area contributed by atoms with E-state index in [1.165, 1.54) is 39.6 Å². The van der Waals surface area contributed by atoms with Gasteiger partial charge in [0.2, 0.25) is 0 Å². The SMILES string of the molecule is C=CCn1c(=S)sc2c(=O)n(Cc3cc(=O)n4c(C)csc4n3)cnc21. The topological polar surface area (TPSA) is 74.2 Å². The molecule has 0 saturated heterocycles. The Morgan fingerprint density at radius 1 is 1.38 bits per heavy atom. The predicted octanol–water partition coefficient (Wildman–Crippen LogP) is 2.60. The molecule has 0 N–H and O–H groups in total. The zero-order valence-electron chi connectivity index (χ0n) is 13.7. The molecule has 0 saturated carbocycles. The molecule has 4 heterocycles. The normalized spacial score (nSPS) is 11.4. The number of aromatic nitrogens is 5. The molecule has 0 aliphatic heterocycles. The van der Waals surface area contributed by atoms with Gasteiger partial charge < -0.3 is 4.57 Å².